The smallest absolute Gasteiger partial charge is 0.462 e. The first kappa shape index (κ1) is 79.1. The van der Waals surface area contributed by atoms with Crippen molar-refractivity contribution in [2.75, 3.05) is 39.6 Å². The Balaban J connectivity index is 5.05. The number of carbonyl (C=O) groups excluding carboxylic acids is 4. The largest absolute Gasteiger partial charge is 0.472 e. The summed E-state index contributed by atoms with van der Waals surface area (Å²) in [6.45, 7) is 4.73. The van der Waals surface area contributed by atoms with Crippen molar-refractivity contribution < 1.29 is 80.2 Å². The van der Waals surface area contributed by atoms with E-state index in [-0.39, 0.29) is 25.7 Å². The van der Waals surface area contributed by atoms with E-state index in [4.69, 9.17) is 37.0 Å². The van der Waals surface area contributed by atoms with Crippen LogP contribution in [0.15, 0.2) is 0 Å². The SMILES string of the molecule is CCCCCCCCCCCCCCCCCC(=O)O[C@H](COC(=O)CCCCCC)COP(=O)(O)OC[C@H](O)COP(=O)(O)OC[C@@H](COC(=O)CCCCCCCCC)OC(=O)CCCCCCCCCCCCCCCCC. The number of aliphatic hydroxyl groups is 1. The van der Waals surface area contributed by atoms with E-state index in [1.807, 2.05) is 0 Å². The highest BCUT2D eigenvalue weighted by molar-refractivity contribution is 7.47. The molecule has 0 bridgehead atoms. The number of phosphoric ester groups is 2. The van der Waals surface area contributed by atoms with Crippen molar-refractivity contribution >= 4 is 39.5 Å². The summed E-state index contributed by atoms with van der Waals surface area (Å²) in [5.41, 5.74) is 0. The Morgan fingerprint density at radius 1 is 0.296 bits per heavy atom. The van der Waals surface area contributed by atoms with Gasteiger partial charge in [0.1, 0.15) is 19.3 Å². The molecule has 0 aromatic heterocycles. The Kier molecular flexibility index (Phi) is 55.8. The van der Waals surface area contributed by atoms with Crippen molar-refractivity contribution in [1.82, 2.24) is 0 Å². The molecule has 2 unspecified atom stereocenters. The van der Waals surface area contributed by atoms with Gasteiger partial charge in [0.2, 0.25) is 0 Å². The van der Waals surface area contributed by atoms with Crippen molar-refractivity contribution in [2.24, 2.45) is 0 Å². The first-order valence-electron chi connectivity index (χ1n) is 32.8. The number of hydrogen-bond acceptors (Lipinski definition) is 15. The molecule has 0 spiro atoms. The van der Waals surface area contributed by atoms with Crippen LogP contribution in [0.4, 0.5) is 0 Å². The molecule has 0 aromatic rings. The maximum Gasteiger partial charge on any atom is 0.472 e. The number of rotatable bonds is 63. The van der Waals surface area contributed by atoms with Gasteiger partial charge in [-0.15, -0.1) is 0 Å². The third kappa shape index (κ3) is 56.9. The molecule has 0 radical (unpaired) electrons. The molecular weight excluding hydrogens is 1080 g/mol. The molecule has 0 aliphatic rings. The highest BCUT2D eigenvalue weighted by Crippen LogP contribution is 2.45. The number of aliphatic hydroxyl groups excluding tert-OH is 1. The maximum absolute atomic E-state index is 12.9. The van der Waals surface area contributed by atoms with Crippen LogP contribution in [0.25, 0.3) is 0 Å². The molecule has 0 aliphatic heterocycles. The molecule has 81 heavy (non-hydrogen) atoms. The standard InChI is InChI=1S/C62H120O17P2/c1-5-9-13-17-20-22-24-26-28-30-32-34-37-40-44-48-61(66)78-57(52-72-59(64)46-42-16-12-8-4)54-76-80(68,69)74-50-56(63)51-75-81(70,71)77-55-58(53-73-60(65)47-43-39-36-19-15-11-7-3)79-62(67)49-45-41-38-35-33-31-29-27-25-23-21-18-14-10-6-2/h56-58,63H,5-55H2,1-4H3,(H,68,69)(H,70,71)/t56-,57+,58+/m0/s1. The number of carbonyl (C=O) groups is 4. The van der Waals surface area contributed by atoms with E-state index in [1.165, 1.54) is 135 Å². The first-order chi connectivity index (χ1) is 39.2. The Morgan fingerprint density at radius 2 is 0.494 bits per heavy atom. The van der Waals surface area contributed by atoms with Crippen LogP contribution in [0.1, 0.15) is 317 Å². The van der Waals surface area contributed by atoms with Gasteiger partial charge in [0, 0.05) is 25.7 Å². The van der Waals surface area contributed by atoms with E-state index in [0.29, 0.717) is 25.7 Å². The molecule has 0 fully saturated rings. The van der Waals surface area contributed by atoms with Gasteiger partial charge in [-0.3, -0.25) is 37.3 Å². The molecule has 3 N–H and O–H groups in total. The molecule has 0 amide bonds. The van der Waals surface area contributed by atoms with Crippen LogP contribution < -0.4 is 0 Å². The van der Waals surface area contributed by atoms with Crippen LogP contribution in [0, 0.1) is 0 Å². The zero-order valence-corrected chi connectivity index (χ0v) is 53.5. The summed E-state index contributed by atoms with van der Waals surface area (Å²) >= 11 is 0. The zero-order valence-electron chi connectivity index (χ0n) is 51.7. The molecular formula is C62H120O17P2. The van der Waals surface area contributed by atoms with Gasteiger partial charge in [-0.05, 0) is 25.7 Å². The van der Waals surface area contributed by atoms with Crippen molar-refractivity contribution in [3.8, 4) is 0 Å². The van der Waals surface area contributed by atoms with Crippen molar-refractivity contribution in [2.45, 2.75) is 335 Å². The lowest BCUT2D eigenvalue weighted by molar-refractivity contribution is -0.161. The Morgan fingerprint density at radius 3 is 0.741 bits per heavy atom. The van der Waals surface area contributed by atoms with Gasteiger partial charge in [-0.25, -0.2) is 9.13 Å². The van der Waals surface area contributed by atoms with Crippen molar-refractivity contribution in [1.29, 1.82) is 0 Å². The topological polar surface area (TPSA) is 237 Å². The average molecular weight is 1200 g/mol. The van der Waals surface area contributed by atoms with Gasteiger partial charge in [0.25, 0.3) is 0 Å². The summed E-state index contributed by atoms with van der Waals surface area (Å²) in [6.07, 6.45) is 42.3. The molecule has 0 saturated carbocycles. The van der Waals surface area contributed by atoms with E-state index < -0.39 is 97.5 Å². The second-order valence-corrected chi connectivity index (χ2v) is 25.4. The number of hydrogen-bond donors (Lipinski definition) is 3. The van der Waals surface area contributed by atoms with Gasteiger partial charge >= 0.3 is 39.5 Å². The summed E-state index contributed by atoms with van der Waals surface area (Å²) in [7, 11) is -9.87. The van der Waals surface area contributed by atoms with Crippen molar-refractivity contribution in [3.05, 3.63) is 0 Å². The van der Waals surface area contributed by atoms with Crippen molar-refractivity contribution in [3.63, 3.8) is 0 Å². The van der Waals surface area contributed by atoms with Gasteiger partial charge in [0.05, 0.1) is 26.4 Å². The number of phosphoric acid groups is 2. The van der Waals surface area contributed by atoms with Crippen LogP contribution in [-0.2, 0) is 65.4 Å². The fourth-order valence-corrected chi connectivity index (χ4v) is 10.9. The summed E-state index contributed by atoms with van der Waals surface area (Å²) in [4.78, 5) is 71.7. The molecule has 0 saturated heterocycles. The molecule has 0 aromatic carbocycles. The predicted molar refractivity (Wildman–Crippen MR) is 322 cm³/mol. The van der Waals surface area contributed by atoms with Gasteiger partial charge in [0.15, 0.2) is 12.2 Å². The lowest BCUT2D eigenvalue weighted by Crippen LogP contribution is -2.30. The average Bonchev–Trinajstić information content (AvgIpc) is 3.44. The minimum absolute atomic E-state index is 0.107. The minimum Gasteiger partial charge on any atom is -0.462 e. The normalized spacial score (nSPS) is 14.2. The van der Waals surface area contributed by atoms with Gasteiger partial charge in [-0.2, -0.15) is 0 Å². The Hall–Kier alpha value is -1.94. The van der Waals surface area contributed by atoms with Gasteiger partial charge in [-0.1, -0.05) is 265 Å². The van der Waals surface area contributed by atoms with Gasteiger partial charge < -0.3 is 33.8 Å². The molecule has 5 atom stereocenters. The summed E-state index contributed by atoms with van der Waals surface area (Å²) < 4.78 is 67.6. The highest BCUT2D eigenvalue weighted by atomic mass is 31.2. The molecule has 480 valence electrons. The second kappa shape index (κ2) is 57.2. The lowest BCUT2D eigenvalue weighted by atomic mass is 10.0. The Bertz CT molecular complexity index is 1570. The second-order valence-electron chi connectivity index (χ2n) is 22.4. The molecule has 0 aliphatic carbocycles. The molecule has 0 heterocycles. The third-order valence-electron chi connectivity index (χ3n) is 14.4. The Labute approximate surface area is 492 Å². The van der Waals surface area contributed by atoms with Crippen LogP contribution in [0.2, 0.25) is 0 Å². The lowest BCUT2D eigenvalue weighted by Gasteiger charge is -2.21. The fraction of sp³-hybridized carbons (Fsp3) is 0.935. The number of esters is 4. The minimum atomic E-state index is -4.93. The van der Waals surface area contributed by atoms with E-state index in [9.17, 15) is 43.2 Å². The van der Waals surface area contributed by atoms with Crippen LogP contribution in [0.3, 0.4) is 0 Å². The van der Waals surface area contributed by atoms with E-state index in [2.05, 4.69) is 27.7 Å². The number of unbranched alkanes of at least 4 members (excludes halogenated alkanes) is 37. The maximum atomic E-state index is 12.9. The summed E-state index contributed by atoms with van der Waals surface area (Å²) in [5, 5.41) is 10.5. The monoisotopic (exact) mass is 1200 g/mol. The quantitative estimate of drug-likeness (QED) is 0.0222. The molecule has 0 rings (SSSR count). The van der Waals surface area contributed by atoms with E-state index >= 15 is 0 Å². The van der Waals surface area contributed by atoms with E-state index in [0.717, 1.165) is 103 Å². The van der Waals surface area contributed by atoms with Crippen LogP contribution in [0.5, 0.6) is 0 Å². The summed E-state index contributed by atoms with van der Waals surface area (Å²) in [5.74, 6) is -2.15. The zero-order chi connectivity index (χ0) is 59.8. The third-order valence-corrected chi connectivity index (χ3v) is 16.3. The molecule has 17 nitrogen and oxygen atoms in total. The fourth-order valence-electron chi connectivity index (χ4n) is 9.28. The highest BCUT2D eigenvalue weighted by Gasteiger charge is 2.30. The predicted octanol–water partition coefficient (Wildman–Crippen LogP) is 17.2. The summed E-state index contributed by atoms with van der Waals surface area (Å²) in [6, 6.07) is 0. The first-order valence-corrected chi connectivity index (χ1v) is 35.8. The molecule has 19 heteroatoms. The number of ether oxygens (including phenoxy) is 4. The van der Waals surface area contributed by atoms with E-state index in [1.54, 1.807) is 0 Å². The van der Waals surface area contributed by atoms with Crippen LogP contribution in [-0.4, -0.2) is 96.7 Å². The van der Waals surface area contributed by atoms with Crippen LogP contribution >= 0.6 is 15.6 Å².